The molecule has 8 heteroatoms. The Morgan fingerprint density at radius 1 is 1.36 bits per heavy atom. The van der Waals surface area contributed by atoms with Crippen LogP contribution >= 0.6 is 11.6 Å². The van der Waals surface area contributed by atoms with Crippen LogP contribution in [-0.2, 0) is 20.4 Å². The number of halogens is 1. The van der Waals surface area contributed by atoms with Gasteiger partial charge in [-0.15, -0.1) is 0 Å². The predicted octanol–water partition coefficient (Wildman–Crippen LogP) is 2.58. The van der Waals surface area contributed by atoms with Crippen molar-refractivity contribution in [2.24, 2.45) is 0 Å². The van der Waals surface area contributed by atoms with E-state index in [4.69, 9.17) is 16.1 Å². The second-order valence-corrected chi connectivity index (χ2v) is 7.65. The van der Waals surface area contributed by atoms with Crippen LogP contribution in [0.5, 0.6) is 0 Å². The molecule has 0 saturated carbocycles. The number of benzene rings is 1. The third-order valence-electron chi connectivity index (χ3n) is 3.07. The lowest BCUT2D eigenvalue weighted by Gasteiger charge is -2.12. The largest absolute Gasteiger partial charge is 0.360 e. The van der Waals surface area contributed by atoms with Crippen LogP contribution in [0.15, 0.2) is 34.9 Å². The van der Waals surface area contributed by atoms with Crippen molar-refractivity contribution in [2.45, 2.75) is 24.9 Å². The number of aromatic nitrogens is 1. The molecule has 0 saturated heterocycles. The first-order valence-corrected chi connectivity index (χ1v) is 8.57. The summed E-state index contributed by atoms with van der Waals surface area (Å²) in [5, 5.41) is 5.33. The lowest BCUT2D eigenvalue weighted by Crippen LogP contribution is -2.33. The first kappa shape index (κ1) is 16.5. The Morgan fingerprint density at radius 2 is 2.00 bits per heavy atom. The standard InChI is InChI=1S/C14H15ClN2O4S/c1-9-7-13(17-21-9)16-14(18)10(2)22(19,20)8-11-3-5-12(15)6-4-11/h3-7,10H,8H2,1-2H3,(H,16,17,18). The molecule has 0 fully saturated rings. The van der Waals surface area contributed by atoms with E-state index < -0.39 is 21.0 Å². The smallest absolute Gasteiger partial charge is 0.243 e. The van der Waals surface area contributed by atoms with Gasteiger partial charge in [0.1, 0.15) is 11.0 Å². The molecule has 0 bridgehead atoms. The molecule has 0 aliphatic heterocycles. The molecule has 1 amide bonds. The van der Waals surface area contributed by atoms with Gasteiger partial charge >= 0.3 is 0 Å². The molecular formula is C14H15ClN2O4S. The van der Waals surface area contributed by atoms with Crippen molar-refractivity contribution in [3.05, 3.63) is 46.7 Å². The summed E-state index contributed by atoms with van der Waals surface area (Å²) in [5.41, 5.74) is 0.571. The summed E-state index contributed by atoms with van der Waals surface area (Å²) in [5.74, 6) is -0.179. The normalized spacial score (nSPS) is 12.9. The maximum atomic E-state index is 12.3. The van der Waals surface area contributed by atoms with E-state index in [-0.39, 0.29) is 11.6 Å². The maximum absolute atomic E-state index is 12.3. The lowest BCUT2D eigenvalue weighted by atomic mass is 10.2. The quantitative estimate of drug-likeness (QED) is 0.902. The van der Waals surface area contributed by atoms with E-state index in [1.807, 2.05) is 0 Å². The number of carbonyl (C=O) groups excluding carboxylic acids is 1. The van der Waals surface area contributed by atoms with E-state index in [2.05, 4.69) is 10.5 Å². The highest BCUT2D eigenvalue weighted by atomic mass is 35.5. The van der Waals surface area contributed by atoms with E-state index in [1.165, 1.54) is 13.0 Å². The van der Waals surface area contributed by atoms with Crippen molar-refractivity contribution in [1.82, 2.24) is 5.16 Å². The highest BCUT2D eigenvalue weighted by molar-refractivity contribution is 7.92. The third kappa shape index (κ3) is 4.08. The van der Waals surface area contributed by atoms with Crippen LogP contribution in [0.1, 0.15) is 18.2 Å². The zero-order chi connectivity index (χ0) is 16.3. The number of hydrogen-bond acceptors (Lipinski definition) is 5. The first-order valence-electron chi connectivity index (χ1n) is 6.48. The molecule has 1 heterocycles. The van der Waals surface area contributed by atoms with E-state index in [1.54, 1.807) is 31.2 Å². The average molecular weight is 343 g/mol. The maximum Gasteiger partial charge on any atom is 0.243 e. The van der Waals surface area contributed by atoms with Crippen LogP contribution in [0.3, 0.4) is 0 Å². The lowest BCUT2D eigenvalue weighted by molar-refractivity contribution is -0.115. The zero-order valence-corrected chi connectivity index (χ0v) is 13.6. The number of rotatable bonds is 5. The van der Waals surface area contributed by atoms with Gasteiger partial charge in [0.2, 0.25) is 5.91 Å². The van der Waals surface area contributed by atoms with E-state index >= 15 is 0 Å². The van der Waals surface area contributed by atoms with Gasteiger partial charge in [-0.25, -0.2) is 8.42 Å². The molecule has 2 aromatic rings. The van der Waals surface area contributed by atoms with Gasteiger partial charge in [0, 0.05) is 11.1 Å². The van der Waals surface area contributed by atoms with Crippen LogP contribution in [-0.4, -0.2) is 24.7 Å². The fourth-order valence-electron chi connectivity index (χ4n) is 1.75. The van der Waals surface area contributed by atoms with Crippen molar-refractivity contribution in [2.75, 3.05) is 5.32 Å². The molecule has 0 spiro atoms. The minimum atomic E-state index is -3.65. The minimum Gasteiger partial charge on any atom is -0.360 e. The number of carbonyl (C=O) groups is 1. The van der Waals surface area contributed by atoms with Crippen LogP contribution in [0, 0.1) is 6.92 Å². The highest BCUT2D eigenvalue weighted by Crippen LogP contribution is 2.16. The van der Waals surface area contributed by atoms with Gasteiger partial charge in [-0.3, -0.25) is 4.79 Å². The number of aryl methyl sites for hydroxylation is 1. The molecule has 1 aromatic heterocycles. The molecular weight excluding hydrogens is 328 g/mol. The fourth-order valence-corrected chi connectivity index (χ4v) is 3.17. The number of sulfone groups is 1. The zero-order valence-electron chi connectivity index (χ0n) is 12.0. The van der Waals surface area contributed by atoms with Crippen LogP contribution < -0.4 is 5.32 Å². The summed E-state index contributed by atoms with van der Waals surface area (Å²) in [6, 6.07) is 7.96. The topological polar surface area (TPSA) is 89.3 Å². The van der Waals surface area contributed by atoms with Gasteiger partial charge < -0.3 is 9.84 Å². The van der Waals surface area contributed by atoms with Crippen LogP contribution in [0.25, 0.3) is 0 Å². The van der Waals surface area contributed by atoms with Gasteiger partial charge in [0.25, 0.3) is 0 Å². The summed E-state index contributed by atoms with van der Waals surface area (Å²) in [6.45, 7) is 3.01. The number of anilines is 1. The Kier molecular flexibility index (Phi) is 4.87. The van der Waals surface area contributed by atoms with Crippen molar-refractivity contribution < 1.29 is 17.7 Å². The second-order valence-electron chi connectivity index (χ2n) is 4.89. The van der Waals surface area contributed by atoms with Crippen molar-refractivity contribution in [1.29, 1.82) is 0 Å². The number of nitrogens with zero attached hydrogens (tertiary/aromatic N) is 1. The predicted molar refractivity (Wildman–Crippen MR) is 83.4 cm³/mol. The molecule has 1 N–H and O–H groups in total. The van der Waals surface area contributed by atoms with Crippen LogP contribution in [0.4, 0.5) is 5.82 Å². The van der Waals surface area contributed by atoms with Crippen molar-refractivity contribution in [3.8, 4) is 0 Å². The van der Waals surface area contributed by atoms with Crippen molar-refractivity contribution >= 4 is 33.2 Å². The van der Waals surface area contributed by atoms with Gasteiger partial charge in [-0.1, -0.05) is 28.9 Å². The number of amides is 1. The molecule has 2 rings (SSSR count). The molecule has 1 atom stereocenters. The molecule has 118 valence electrons. The van der Waals surface area contributed by atoms with Gasteiger partial charge in [-0.05, 0) is 31.5 Å². The molecule has 1 unspecified atom stereocenters. The Morgan fingerprint density at radius 3 is 2.55 bits per heavy atom. The molecule has 0 aliphatic carbocycles. The second kappa shape index (κ2) is 6.50. The van der Waals surface area contributed by atoms with Crippen LogP contribution in [0.2, 0.25) is 5.02 Å². The average Bonchev–Trinajstić information content (AvgIpc) is 2.85. The number of nitrogens with one attached hydrogen (secondary N) is 1. The Hall–Kier alpha value is -1.86. The summed E-state index contributed by atoms with van der Waals surface area (Å²) in [4.78, 5) is 12.0. The molecule has 1 aromatic carbocycles. The van der Waals surface area contributed by atoms with Crippen molar-refractivity contribution in [3.63, 3.8) is 0 Å². The molecule has 0 aliphatic rings. The Balaban J connectivity index is 2.07. The summed E-state index contributed by atoms with van der Waals surface area (Å²) >= 11 is 5.76. The third-order valence-corrected chi connectivity index (χ3v) is 5.35. The van der Waals surface area contributed by atoms with E-state index in [0.29, 0.717) is 16.3 Å². The number of hydrogen-bond donors (Lipinski definition) is 1. The monoisotopic (exact) mass is 342 g/mol. The summed E-state index contributed by atoms with van der Waals surface area (Å²) in [7, 11) is -3.65. The van der Waals surface area contributed by atoms with E-state index in [0.717, 1.165) is 0 Å². The first-order chi connectivity index (χ1) is 10.3. The van der Waals surface area contributed by atoms with E-state index in [9.17, 15) is 13.2 Å². The summed E-state index contributed by atoms with van der Waals surface area (Å²) in [6.07, 6.45) is 0. The SMILES string of the molecule is Cc1cc(NC(=O)C(C)S(=O)(=O)Cc2ccc(Cl)cc2)no1. The Labute approximate surface area is 133 Å². The highest BCUT2D eigenvalue weighted by Gasteiger charge is 2.28. The summed E-state index contributed by atoms with van der Waals surface area (Å²) < 4.78 is 29.4. The van der Waals surface area contributed by atoms with Gasteiger partial charge in [0.15, 0.2) is 15.7 Å². The minimum absolute atomic E-state index is 0.191. The van der Waals surface area contributed by atoms with Gasteiger partial charge in [-0.2, -0.15) is 0 Å². The fraction of sp³-hybridized carbons (Fsp3) is 0.286. The molecule has 6 nitrogen and oxygen atoms in total. The molecule has 22 heavy (non-hydrogen) atoms. The Bertz CT molecular complexity index is 768. The van der Waals surface area contributed by atoms with Gasteiger partial charge in [0.05, 0.1) is 5.75 Å². The molecule has 0 radical (unpaired) electrons.